The summed E-state index contributed by atoms with van der Waals surface area (Å²) in [5.74, 6) is 0.374. The van der Waals surface area contributed by atoms with Crippen LogP contribution in [0.3, 0.4) is 0 Å². The van der Waals surface area contributed by atoms with Gasteiger partial charge in [-0.1, -0.05) is 18.5 Å². The van der Waals surface area contributed by atoms with Crippen LogP contribution in [0.4, 0.5) is 4.39 Å². The van der Waals surface area contributed by atoms with Gasteiger partial charge in [0, 0.05) is 23.3 Å². The van der Waals surface area contributed by atoms with Crippen molar-refractivity contribution in [3.8, 4) is 5.75 Å². The Balaban J connectivity index is 1.53. The van der Waals surface area contributed by atoms with Crippen molar-refractivity contribution < 1.29 is 9.13 Å². The molecule has 0 bridgehead atoms. The smallest absolute Gasteiger partial charge is 0.140 e. The van der Waals surface area contributed by atoms with Gasteiger partial charge in [-0.05, 0) is 42.9 Å². The van der Waals surface area contributed by atoms with E-state index in [2.05, 4.69) is 28.3 Å². The molecular formula is C18H18ClFN2OS2. The van der Waals surface area contributed by atoms with Gasteiger partial charge < -0.3 is 4.74 Å². The topological polar surface area (TPSA) is 25.4 Å². The van der Waals surface area contributed by atoms with Gasteiger partial charge in [0.15, 0.2) is 0 Å². The molecule has 0 atom stereocenters. The summed E-state index contributed by atoms with van der Waals surface area (Å²) in [6, 6.07) is 10.0. The zero-order valence-corrected chi connectivity index (χ0v) is 16.1. The summed E-state index contributed by atoms with van der Waals surface area (Å²) in [6.45, 7) is 5.13. The van der Waals surface area contributed by atoms with E-state index in [4.69, 9.17) is 16.3 Å². The molecule has 3 nitrogen and oxygen atoms in total. The van der Waals surface area contributed by atoms with E-state index in [1.54, 1.807) is 34.8 Å². The molecular weight excluding hydrogens is 379 g/mol. The van der Waals surface area contributed by atoms with Crippen LogP contribution in [0.15, 0.2) is 41.8 Å². The molecule has 3 rings (SSSR count). The van der Waals surface area contributed by atoms with Gasteiger partial charge in [-0.25, -0.2) is 9.37 Å². The van der Waals surface area contributed by atoms with Gasteiger partial charge in [-0.15, -0.1) is 22.7 Å². The number of hydrogen-bond donors (Lipinski definition) is 0. The normalized spacial score (nSPS) is 11.2. The molecule has 132 valence electrons. The first-order chi connectivity index (χ1) is 12.1. The Bertz CT molecular complexity index is 804. The number of thiazole rings is 1. The van der Waals surface area contributed by atoms with Gasteiger partial charge in [-0.2, -0.15) is 0 Å². The Hall–Kier alpha value is -1.47. The van der Waals surface area contributed by atoms with E-state index in [-0.39, 0.29) is 5.82 Å². The molecule has 2 aromatic heterocycles. The molecule has 0 aliphatic rings. The fraction of sp³-hybridized carbons (Fsp3) is 0.278. The summed E-state index contributed by atoms with van der Waals surface area (Å²) < 4.78 is 19.4. The SMILES string of the molecule is CCN(Cc1csc(COc2ccc(F)cc2)n1)Cc1ccc(Cl)s1. The predicted molar refractivity (Wildman–Crippen MR) is 102 cm³/mol. The average molecular weight is 397 g/mol. The molecule has 0 unspecified atom stereocenters. The van der Waals surface area contributed by atoms with Crippen LogP contribution in [0.1, 0.15) is 22.5 Å². The fourth-order valence-corrected chi connectivity index (χ4v) is 4.16. The highest BCUT2D eigenvalue weighted by atomic mass is 35.5. The molecule has 2 heterocycles. The van der Waals surface area contributed by atoms with Crippen LogP contribution in [-0.4, -0.2) is 16.4 Å². The first-order valence-electron chi connectivity index (χ1n) is 7.90. The highest BCUT2D eigenvalue weighted by Gasteiger charge is 2.10. The van der Waals surface area contributed by atoms with Crippen molar-refractivity contribution in [1.29, 1.82) is 0 Å². The van der Waals surface area contributed by atoms with E-state index in [9.17, 15) is 4.39 Å². The van der Waals surface area contributed by atoms with Crippen molar-refractivity contribution in [2.24, 2.45) is 0 Å². The van der Waals surface area contributed by atoms with Crippen LogP contribution < -0.4 is 4.74 Å². The van der Waals surface area contributed by atoms with E-state index in [0.29, 0.717) is 12.4 Å². The highest BCUT2D eigenvalue weighted by Crippen LogP contribution is 2.23. The molecule has 0 spiro atoms. The lowest BCUT2D eigenvalue weighted by Gasteiger charge is -2.18. The Labute approximate surface area is 159 Å². The Morgan fingerprint density at radius 3 is 2.64 bits per heavy atom. The standard InChI is InChI=1S/C18H18ClFN2OS2/c1-2-22(10-16-7-8-17(19)25-16)9-14-12-24-18(21-14)11-23-15-5-3-13(20)4-6-15/h3-8,12H,2,9-11H2,1H3. The lowest BCUT2D eigenvalue weighted by molar-refractivity contribution is 0.269. The average Bonchev–Trinajstić information content (AvgIpc) is 3.22. The molecule has 7 heteroatoms. The number of halogens is 2. The number of nitrogens with zero attached hydrogens (tertiary/aromatic N) is 2. The van der Waals surface area contributed by atoms with Gasteiger partial charge in [0.2, 0.25) is 0 Å². The minimum absolute atomic E-state index is 0.268. The molecule has 0 saturated carbocycles. The highest BCUT2D eigenvalue weighted by molar-refractivity contribution is 7.16. The zero-order valence-electron chi connectivity index (χ0n) is 13.7. The minimum atomic E-state index is -0.268. The lowest BCUT2D eigenvalue weighted by Crippen LogP contribution is -2.22. The molecule has 0 amide bonds. The van der Waals surface area contributed by atoms with Gasteiger partial charge in [0.05, 0.1) is 10.0 Å². The van der Waals surface area contributed by atoms with Gasteiger partial charge in [0.1, 0.15) is 23.2 Å². The number of hydrogen-bond acceptors (Lipinski definition) is 5. The monoisotopic (exact) mass is 396 g/mol. The summed E-state index contributed by atoms with van der Waals surface area (Å²) in [5.41, 5.74) is 1.03. The number of benzene rings is 1. The van der Waals surface area contributed by atoms with Crippen molar-refractivity contribution in [2.45, 2.75) is 26.6 Å². The first kappa shape index (κ1) is 18.3. The van der Waals surface area contributed by atoms with Crippen molar-refractivity contribution in [1.82, 2.24) is 9.88 Å². The molecule has 1 aromatic carbocycles. The van der Waals surface area contributed by atoms with E-state index < -0.39 is 0 Å². The summed E-state index contributed by atoms with van der Waals surface area (Å²) in [7, 11) is 0. The van der Waals surface area contributed by atoms with Crippen LogP contribution >= 0.6 is 34.3 Å². The Kier molecular flexibility index (Phi) is 6.42. The maximum atomic E-state index is 12.9. The molecule has 3 aromatic rings. The number of rotatable bonds is 8. The van der Waals surface area contributed by atoms with Crippen molar-refractivity contribution in [3.63, 3.8) is 0 Å². The van der Waals surface area contributed by atoms with E-state index in [1.807, 2.05) is 6.07 Å². The Morgan fingerprint density at radius 2 is 1.96 bits per heavy atom. The second-order valence-electron chi connectivity index (χ2n) is 5.48. The molecule has 0 aliphatic heterocycles. The third-order valence-electron chi connectivity index (χ3n) is 3.62. The molecule has 0 radical (unpaired) electrons. The second-order valence-corrected chi connectivity index (χ2v) is 8.23. The molecule has 0 fully saturated rings. The largest absolute Gasteiger partial charge is 0.486 e. The van der Waals surface area contributed by atoms with Gasteiger partial charge in [-0.3, -0.25) is 4.90 Å². The summed E-state index contributed by atoms with van der Waals surface area (Å²) in [4.78, 5) is 8.21. The van der Waals surface area contributed by atoms with E-state index >= 15 is 0 Å². The molecule has 0 aliphatic carbocycles. The summed E-state index contributed by atoms with van der Waals surface area (Å²) in [5, 5.41) is 2.97. The van der Waals surface area contributed by atoms with Gasteiger partial charge in [0.25, 0.3) is 0 Å². The summed E-state index contributed by atoms with van der Waals surface area (Å²) >= 11 is 9.19. The molecule has 25 heavy (non-hydrogen) atoms. The quantitative estimate of drug-likeness (QED) is 0.495. The zero-order chi connectivity index (χ0) is 17.6. The predicted octanol–water partition coefficient (Wildman–Crippen LogP) is 5.60. The molecule has 0 N–H and O–H groups in total. The van der Waals surface area contributed by atoms with E-state index in [0.717, 1.165) is 34.7 Å². The van der Waals surface area contributed by atoms with Crippen LogP contribution in [0, 0.1) is 5.82 Å². The number of thiophene rings is 1. The van der Waals surface area contributed by atoms with Crippen LogP contribution in [0.5, 0.6) is 5.75 Å². The lowest BCUT2D eigenvalue weighted by atomic mass is 10.3. The number of ether oxygens (including phenoxy) is 1. The third kappa shape index (κ3) is 5.51. The summed E-state index contributed by atoms with van der Waals surface area (Å²) in [6.07, 6.45) is 0. The first-order valence-corrected chi connectivity index (χ1v) is 9.98. The molecule has 0 saturated heterocycles. The van der Waals surface area contributed by atoms with Crippen LogP contribution in [-0.2, 0) is 19.7 Å². The van der Waals surface area contributed by atoms with Crippen molar-refractivity contribution in [3.05, 3.63) is 67.5 Å². The van der Waals surface area contributed by atoms with Crippen molar-refractivity contribution in [2.75, 3.05) is 6.54 Å². The Morgan fingerprint density at radius 1 is 1.16 bits per heavy atom. The van der Waals surface area contributed by atoms with E-state index in [1.165, 1.54) is 17.0 Å². The maximum absolute atomic E-state index is 12.9. The van der Waals surface area contributed by atoms with Gasteiger partial charge >= 0.3 is 0 Å². The number of aromatic nitrogens is 1. The second kappa shape index (κ2) is 8.76. The maximum Gasteiger partial charge on any atom is 0.140 e. The van der Waals surface area contributed by atoms with Crippen LogP contribution in [0.2, 0.25) is 4.34 Å². The van der Waals surface area contributed by atoms with Crippen molar-refractivity contribution >= 4 is 34.3 Å². The fourth-order valence-electron chi connectivity index (χ4n) is 2.33. The third-order valence-corrected chi connectivity index (χ3v) is 5.70. The minimum Gasteiger partial charge on any atom is -0.486 e. The van der Waals surface area contributed by atoms with Crippen LogP contribution in [0.25, 0.3) is 0 Å².